The number of fused-ring (bicyclic) bond motifs is 3. The fourth-order valence-corrected chi connectivity index (χ4v) is 4.58. The van der Waals surface area contributed by atoms with Crippen molar-refractivity contribution >= 4 is 27.6 Å². The van der Waals surface area contributed by atoms with Gasteiger partial charge in [-0.25, -0.2) is 19.7 Å². The van der Waals surface area contributed by atoms with Crippen LogP contribution in [0.25, 0.3) is 11.3 Å². The van der Waals surface area contributed by atoms with Crippen LogP contribution in [0.4, 0.5) is 11.6 Å². The lowest BCUT2D eigenvalue weighted by atomic mass is 9.78. The standard InChI is InChI=1S/C27H24BrN3O2/c1-32-33-15-14-18-6-12-22(13-7-18)30-27-29-17-20-16-25(19-8-10-21(28)11-9-19)23-4-2-3-5-24(23)26(20)31-27/h2-13,17,25H,14-16H2,1H3,(H,29,30,31). The molecule has 1 aromatic heterocycles. The number of aromatic nitrogens is 2. The molecule has 0 bridgehead atoms. The van der Waals surface area contributed by atoms with E-state index in [9.17, 15) is 0 Å². The zero-order chi connectivity index (χ0) is 22.6. The topological polar surface area (TPSA) is 56.3 Å². The van der Waals surface area contributed by atoms with Gasteiger partial charge in [-0.15, -0.1) is 0 Å². The van der Waals surface area contributed by atoms with Crippen LogP contribution in [0.5, 0.6) is 0 Å². The lowest BCUT2D eigenvalue weighted by Gasteiger charge is -2.27. The molecular formula is C27H24BrN3O2. The van der Waals surface area contributed by atoms with Gasteiger partial charge >= 0.3 is 0 Å². The number of halogens is 1. The summed E-state index contributed by atoms with van der Waals surface area (Å²) >= 11 is 3.54. The van der Waals surface area contributed by atoms with Gasteiger partial charge < -0.3 is 5.32 Å². The summed E-state index contributed by atoms with van der Waals surface area (Å²) in [5.74, 6) is 0.889. The van der Waals surface area contributed by atoms with E-state index in [0.717, 1.165) is 28.7 Å². The third-order valence-electron chi connectivity index (χ3n) is 5.95. The molecule has 1 aliphatic rings. The van der Waals surface area contributed by atoms with E-state index >= 15 is 0 Å². The number of hydrogen-bond donors (Lipinski definition) is 1. The summed E-state index contributed by atoms with van der Waals surface area (Å²) in [5, 5.41) is 3.35. The number of nitrogens with one attached hydrogen (secondary N) is 1. The minimum Gasteiger partial charge on any atom is -0.324 e. The highest BCUT2D eigenvalue weighted by Gasteiger charge is 2.27. The van der Waals surface area contributed by atoms with Crippen LogP contribution in [0.2, 0.25) is 0 Å². The molecule has 166 valence electrons. The van der Waals surface area contributed by atoms with Gasteiger partial charge in [0.15, 0.2) is 0 Å². The summed E-state index contributed by atoms with van der Waals surface area (Å²) < 4.78 is 1.09. The number of benzene rings is 3. The summed E-state index contributed by atoms with van der Waals surface area (Å²) in [4.78, 5) is 19.1. The molecule has 0 amide bonds. The van der Waals surface area contributed by atoms with Crippen molar-refractivity contribution in [3.63, 3.8) is 0 Å². The Hall–Kier alpha value is -3.06. The van der Waals surface area contributed by atoms with Crippen LogP contribution in [-0.2, 0) is 22.6 Å². The Kier molecular flexibility index (Phi) is 6.48. The van der Waals surface area contributed by atoms with E-state index in [1.54, 1.807) is 0 Å². The molecule has 0 aliphatic heterocycles. The highest BCUT2D eigenvalue weighted by atomic mass is 79.9. The predicted molar refractivity (Wildman–Crippen MR) is 134 cm³/mol. The van der Waals surface area contributed by atoms with Gasteiger partial charge in [0.1, 0.15) is 0 Å². The second kappa shape index (κ2) is 9.83. The second-order valence-corrected chi connectivity index (χ2v) is 8.94. The molecule has 3 aromatic carbocycles. The molecule has 1 N–H and O–H groups in total. The van der Waals surface area contributed by atoms with Crippen LogP contribution in [-0.4, -0.2) is 23.7 Å². The quantitative estimate of drug-likeness (QED) is 0.179. The number of rotatable bonds is 7. The molecular weight excluding hydrogens is 478 g/mol. The molecule has 1 heterocycles. The third-order valence-corrected chi connectivity index (χ3v) is 6.48. The molecule has 5 rings (SSSR count). The van der Waals surface area contributed by atoms with E-state index in [0.29, 0.717) is 18.5 Å². The van der Waals surface area contributed by atoms with Crippen molar-refractivity contribution in [1.29, 1.82) is 0 Å². The monoisotopic (exact) mass is 501 g/mol. The van der Waals surface area contributed by atoms with E-state index in [1.165, 1.54) is 34.9 Å². The van der Waals surface area contributed by atoms with Crippen molar-refractivity contribution in [3.05, 3.63) is 106 Å². The number of nitrogens with zero attached hydrogens (tertiary/aromatic N) is 2. The summed E-state index contributed by atoms with van der Waals surface area (Å²) in [6, 6.07) is 25.3. The molecule has 0 saturated carbocycles. The van der Waals surface area contributed by atoms with E-state index in [2.05, 4.69) is 91.8 Å². The first-order valence-electron chi connectivity index (χ1n) is 10.9. The summed E-state index contributed by atoms with van der Waals surface area (Å²) in [5.41, 5.74) is 8.07. The van der Waals surface area contributed by atoms with Crippen LogP contribution < -0.4 is 5.32 Å². The fourth-order valence-electron chi connectivity index (χ4n) is 4.32. The molecule has 1 atom stereocenters. The van der Waals surface area contributed by atoms with Gasteiger partial charge in [0.05, 0.1) is 19.4 Å². The number of anilines is 2. The Morgan fingerprint density at radius 2 is 1.79 bits per heavy atom. The van der Waals surface area contributed by atoms with E-state index in [-0.39, 0.29) is 0 Å². The average molecular weight is 502 g/mol. The Bertz CT molecular complexity index is 1240. The van der Waals surface area contributed by atoms with E-state index < -0.39 is 0 Å². The normalized spacial score (nSPS) is 14.4. The van der Waals surface area contributed by atoms with Gasteiger partial charge in [-0.05, 0) is 59.4 Å². The van der Waals surface area contributed by atoms with Crippen LogP contribution in [0.15, 0.2) is 83.5 Å². The zero-order valence-corrected chi connectivity index (χ0v) is 19.9. The lowest BCUT2D eigenvalue weighted by molar-refractivity contribution is -0.271. The Morgan fingerprint density at radius 3 is 2.58 bits per heavy atom. The molecule has 4 aromatic rings. The molecule has 1 aliphatic carbocycles. The minimum atomic E-state index is 0.291. The van der Waals surface area contributed by atoms with Crippen molar-refractivity contribution in [2.75, 3.05) is 19.0 Å². The molecule has 0 saturated heterocycles. The predicted octanol–water partition coefficient (Wildman–Crippen LogP) is 6.46. The van der Waals surface area contributed by atoms with Gasteiger partial charge in [-0.1, -0.05) is 64.5 Å². The van der Waals surface area contributed by atoms with Gasteiger partial charge in [0.25, 0.3) is 0 Å². The molecule has 0 spiro atoms. The molecule has 5 nitrogen and oxygen atoms in total. The first-order valence-corrected chi connectivity index (χ1v) is 11.7. The van der Waals surface area contributed by atoms with Crippen molar-refractivity contribution in [3.8, 4) is 11.3 Å². The second-order valence-electron chi connectivity index (χ2n) is 8.02. The summed E-state index contributed by atoms with van der Waals surface area (Å²) in [7, 11) is 1.52. The largest absolute Gasteiger partial charge is 0.324 e. The minimum absolute atomic E-state index is 0.291. The Morgan fingerprint density at radius 1 is 1.00 bits per heavy atom. The highest BCUT2D eigenvalue weighted by molar-refractivity contribution is 9.10. The first kappa shape index (κ1) is 21.8. The third kappa shape index (κ3) is 4.83. The molecule has 0 radical (unpaired) electrons. The molecule has 0 fully saturated rings. The first-order chi connectivity index (χ1) is 16.2. The average Bonchev–Trinajstić information content (AvgIpc) is 2.85. The maximum Gasteiger partial charge on any atom is 0.227 e. The van der Waals surface area contributed by atoms with Gasteiger partial charge in [-0.3, -0.25) is 0 Å². The number of hydrogen-bond acceptors (Lipinski definition) is 5. The maximum atomic E-state index is 4.95. The van der Waals surface area contributed by atoms with Crippen molar-refractivity contribution < 1.29 is 9.78 Å². The van der Waals surface area contributed by atoms with Crippen LogP contribution in [0.3, 0.4) is 0 Å². The van der Waals surface area contributed by atoms with Crippen molar-refractivity contribution in [2.24, 2.45) is 0 Å². The maximum absolute atomic E-state index is 4.95. The lowest BCUT2D eigenvalue weighted by Crippen LogP contribution is -2.15. The summed E-state index contributed by atoms with van der Waals surface area (Å²) in [6.45, 7) is 0.526. The van der Waals surface area contributed by atoms with Crippen LogP contribution in [0.1, 0.15) is 28.2 Å². The molecule has 33 heavy (non-hydrogen) atoms. The smallest absolute Gasteiger partial charge is 0.227 e. The van der Waals surface area contributed by atoms with Gasteiger partial charge in [-0.2, -0.15) is 0 Å². The zero-order valence-electron chi connectivity index (χ0n) is 18.3. The van der Waals surface area contributed by atoms with Crippen LogP contribution in [0, 0.1) is 0 Å². The Balaban J connectivity index is 1.40. The Labute approximate surface area is 201 Å². The van der Waals surface area contributed by atoms with Gasteiger partial charge in [0, 0.05) is 27.8 Å². The molecule has 6 heteroatoms. The van der Waals surface area contributed by atoms with Gasteiger partial charge in [0.2, 0.25) is 5.95 Å². The SMILES string of the molecule is COOCCc1ccc(Nc2ncc3c(n2)-c2ccccc2C(c2ccc(Br)cc2)C3)cc1. The van der Waals surface area contributed by atoms with Crippen LogP contribution >= 0.6 is 15.9 Å². The van der Waals surface area contributed by atoms with E-state index in [1.807, 2.05) is 18.3 Å². The molecule has 1 unspecified atom stereocenters. The fraction of sp³-hybridized carbons (Fsp3) is 0.185. The van der Waals surface area contributed by atoms with Crippen molar-refractivity contribution in [2.45, 2.75) is 18.8 Å². The summed E-state index contributed by atoms with van der Waals surface area (Å²) in [6.07, 6.45) is 3.63. The van der Waals surface area contributed by atoms with E-state index in [4.69, 9.17) is 9.87 Å². The van der Waals surface area contributed by atoms with Crippen molar-refractivity contribution in [1.82, 2.24) is 9.97 Å². The highest BCUT2D eigenvalue weighted by Crippen LogP contribution is 2.42.